The van der Waals surface area contributed by atoms with E-state index in [4.69, 9.17) is 0 Å². The van der Waals surface area contributed by atoms with Crippen LogP contribution in [0.4, 0.5) is 0 Å². The van der Waals surface area contributed by atoms with E-state index in [0.29, 0.717) is 0 Å². The zero-order valence-corrected chi connectivity index (χ0v) is 12.0. The molecular weight excluding hydrogens is 322 g/mol. The lowest BCUT2D eigenvalue weighted by molar-refractivity contribution is 0.0980. The second kappa shape index (κ2) is 4.31. The van der Waals surface area contributed by atoms with Crippen LogP contribution in [-0.4, -0.2) is 39.9 Å². The second-order valence-electron chi connectivity index (χ2n) is 4.98. The molecule has 8 nitrogen and oxygen atoms in total. The van der Waals surface area contributed by atoms with Gasteiger partial charge in [-0.2, -0.15) is 15.4 Å². The maximum absolute atomic E-state index is 12.7. The van der Waals surface area contributed by atoms with Crippen LogP contribution in [0.3, 0.4) is 0 Å². The summed E-state index contributed by atoms with van der Waals surface area (Å²) in [6, 6.07) is 7.08. The minimum Gasteiger partial charge on any atom is -0.744 e. The van der Waals surface area contributed by atoms with Gasteiger partial charge in [-0.25, -0.2) is 8.42 Å². The van der Waals surface area contributed by atoms with Gasteiger partial charge in [0.2, 0.25) is 0 Å². The largest absolute Gasteiger partial charge is 0.744 e. The van der Waals surface area contributed by atoms with Crippen molar-refractivity contribution in [2.45, 2.75) is 4.90 Å². The van der Waals surface area contributed by atoms with Crippen LogP contribution >= 0.6 is 0 Å². The fourth-order valence-electron chi connectivity index (χ4n) is 2.73. The van der Waals surface area contributed by atoms with Crippen molar-refractivity contribution in [1.29, 1.82) is 0 Å². The Bertz CT molecular complexity index is 1130. The molecule has 0 radical (unpaired) electrons. The number of hydrogen-bond acceptors (Lipinski definition) is 7. The molecule has 4 rings (SSSR count). The van der Waals surface area contributed by atoms with Gasteiger partial charge in [-0.3, -0.25) is 9.59 Å². The van der Waals surface area contributed by atoms with Crippen LogP contribution in [0.1, 0.15) is 31.8 Å². The third-order valence-corrected chi connectivity index (χ3v) is 4.57. The van der Waals surface area contributed by atoms with E-state index >= 15 is 0 Å². The number of ketones is 2. The van der Waals surface area contributed by atoms with E-state index in [1.807, 2.05) is 0 Å². The van der Waals surface area contributed by atoms with E-state index in [-0.39, 0.29) is 33.3 Å². The summed E-state index contributed by atoms with van der Waals surface area (Å²) in [4.78, 5) is 24.6. The van der Waals surface area contributed by atoms with Gasteiger partial charge in [0.25, 0.3) is 0 Å². The SMILES string of the molecule is O=C1c2ccccc2C(=O)c2c1cc(S(=O)(=O)[O-])c1n[nH]nc21. The number of hydrogen-bond donors (Lipinski definition) is 1. The molecule has 0 amide bonds. The topological polar surface area (TPSA) is 133 Å². The molecule has 1 aromatic heterocycles. The van der Waals surface area contributed by atoms with Crippen molar-refractivity contribution >= 4 is 32.7 Å². The molecule has 0 saturated heterocycles. The second-order valence-corrected chi connectivity index (χ2v) is 6.32. The van der Waals surface area contributed by atoms with Gasteiger partial charge in [0.05, 0.1) is 10.5 Å². The Balaban J connectivity index is 2.18. The standard InChI is InChI=1S/C14H7N3O5S/c18-13-6-3-1-2-4-7(6)14(19)10-8(13)5-9(23(20,21)22)11-12(10)16-17-15-11/h1-5H,(H,15,16,17)(H,20,21,22)/p-1. The summed E-state index contributed by atoms with van der Waals surface area (Å²) in [5.74, 6) is -1.01. The predicted octanol–water partition coefficient (Wildman–Crippen LogP) is 0.637. The first-order valence-electron chi connectivity index (χ1n) is 6.41. The highest BCUT2D eigenvalue weighted by molar-refractivity contribution is 7.86. The quantitative estimate of drug-likeness (QED) is 0.507. The summed E-state index contributed by atoms with van der Waals surface area (Å²) in [5, 5.41) is 9.57. The zero-order valence-electron chi connectivity index (χ0n) is 11.2. The van der Waals surface area contributed by atoms with Gasteiger partial charge in [0.15, 0.2) is 11.6 Å². The number of aromatic nitrogens is 3. The fraction of sp³-hybridized carbons (Fsp3) is 0. The van der Waals surface area contributed by atoms with E-state index in [2.05, 4.69) is 15.4 Å². The van der Waals surface area contributed by atoms with Crippen LogP contribution in [0.25, 0.3) is 11.0 Å². The number of nitrogens with zero attached hydrogens (tertiary/aromatic N) is 2. The van der Waals surface area contributed by atoms with E-state index < -0.39 is 26.6 Å². The third-order valence-electron chi connectivity index (χ3n) is 3.72. The Morgan fingerprint density at radius 1 is 0.913 bits per heavy atom. The lowest BCUT2D eigenvalue weighted by Gasteiger charge is -2.19. The van der Waals surface area contributed by atoms with Crippen LogP contribution in [0.15, 0.2) is 35.2 Å². The summed E-state index contributed by atoms with van der Waals surface area (Å²) in [6.07, 6.45) is 0. The maximum atomic E-state index is 12.7. The molecule has 0 saturated carbocycles. The van der Waals surface area contributed by atoms with Crippen LogP contribution in [0.5, 0.6) is 0 Å². The summed E-state index contributed by atoms with van der Waals surface area (Å²) in [5.41, 5.74) is -0.215. The predicted molar refractivity (Wildman–Crippen MR) is 75.2 cm³/mol. The molecule has 0 bridgehead atoms. The van der Waals surface area contributed by atoms with Crippen molar-refractivity contribution in [2.75, 3.05) is 0 Å². The molecule has 0 spiro atoms. The molecule has 0 aliphatic heterocycles. The molecule has 3 aromatic rings. The molecule has 0 fully saturated rings. The summed E-state index contributed by atoms with van der Waals surface area (Å²) in [6.45, 7) is 0. The Labute approximate surface area is 128 Å². The molecule has 2 aromatic carbocycles. The molecule has 114 valence electrons. The summed E-state index contributed by atoms with van der Waals surface area (Å²) >= 11 is 0. The molecule has 0 unspecified atom stereocenters. The summed E-state index contributed by atoms with van der Waals surface area (Å²) < 4.78 is 34.3. The summed E-state index contributed by atoms with van der Waals surface area (Å²) in [7, 11) is -4.89. The Morgan fingerprint density at radius 2 is 1.52 bits per heavy atom. The van der Waals surface area contributed by atoms with E-state index in [0.717, 1.165) is 6.07 Å². The van der Waals surface area contributed by atoms with Crippen LogP contribution in [0.2, 0.25) is 0 Å². The van der Waals surface area contributed by atoms with E-state index in [1.165, 1.54) is 12.1 Å². The van der Waals surface area contributed by atoms with Crippen molar-refractivity contribution in [2.24, 2.45) is 0 Å². The van der Waals surface area contributed by atoms with Crippen molar-refractivity contribution < 1.29 is 22.6 Å². The Kier molecular flexibility index (Phi) is 2.57. The van der Waals surface area contributed by atoms with Crippen LogP contribution in [-0.2, 0) is 10.1 Å². The fourth-order valence-corrected chi connectivity index (χ4v) is 3.38. The van der Waals surface area contributed by atoms with Gasteiger partial charge >= 0.3 is 0 Å². The number of fused-ring (bicyclic) bond motifs is 4. The molecule has 1 aliphatic carbocycles. The van der Waals surface area contributed by atoms with Crippen LogP contribution in [0, 0.1) is 0 Å². The average Bonchev–Trinajstić information content (AvgIpc) is 2.99. The normalized spacial score (nSPS) is 14.0. The van der Waals surface area contributed by atoms with Gasteiger partial charge in [-0.1, -0.05) is 24.3 Å². The molecule has 1 aliphatic rings. The van der Waals surface area contributed by atoms with Gasteiger partial charge in [-0.15, -0.1) is 0 Å². The molecule has 23 heavy (non-hydrogen) atoms. The molecule has 0 atom stereocenters. The number of carbonyl (C=O) groups excluding carboxylic acids is 2. The van der Waals surface area contributed by atoms with Crippen molar-refractivity contribution in [1.82, 2.24) is 15.4 Å². The highest BCUT2D eigenvalue weighted by Gasteiger charge is 2.34. The van der Waals surface area contributed by atoms with Gasteiger partial charge in [0, 0.05) is 16.7 Å². The van der Waals surface area contributed by atoms with Gasteiger partial charge < -0.3 is 4.55 Å². The molecule has 1 heterocycles. The monoisotopic (exact) mass is 328 g/mol. The molecule has 9 heteroatoms. The third kappa shape index (κ3) is 1.77. The lowest BCUT2D eigenvalue weighted by atomic mass is 9.83. The number of H-pyrrole nitrogens is 1. The Hall–Kier alpha value is -2.91. The number of carbonyl (C=O) groups is 2. The highest BCUT2D eigenvalue weighted by atomic mass is 32.2. The van der Waals surface area contributed by atoms with Crippen molar-refractivity contribution in [3.8, 4) is 0 Å². The maximum Gasteiger partial charge on any atom is 0.196 e. The minimum atomic E-state index is -4.89. The molecular formula is C14H6N3O5S-. The zero-order chi connectivity index (χ0) is 16.4. The van der Waals surface area contributed by atoms with Crippen molar-refractivity contribution in [3.63, 3.8) is 0 Å². The highest BCUT2D eigenvalue weighted by Crippen LogP contribution is 2.34. The van der Waals surface area contributed by atoms with E-state index in [9.17, 15) is 22.6 Å². The minimum absolute atomic E-state index is 0.0511. The average molecular weight is 328 g/mol. The Morgan fingerprint density at radius 3 is 2.17 bits per heavy atom. The van der Waals surface area contributed by atoms with Crippen molar-refractivity contribution in [3.05, 3.63) is 52.6 Å². The molecule has 1 N–H and O–H groups in total. The van der Waals surface area contributed by atoms with E-state index in [1.54, 1.807) is 12.1 Å². The lowest BCUT2D eigenvalue weighted by Crippen LogP contribution is -2.22. The number of benzene rings is 2. The number of rotatable bonds is 1. The number of aromatic amines is 1. The van der Waals surface area contributed by atoms with Gasteiger partial charge in [0.1, 0.15) is 21.2 Å². The first kappa shape index (κ1) is 13.7. The first-order valence-corrected chi connectivity index (χ1v) is 7.82. The van der Waals surface area contributed by atoms with Crippen LogP contribution < -0.4 is 0 Å². The van der Waals surface area contributed by atoms with Gasteiger partial charge in [-0.05, 0) is 6.07 Å². The number of nitrogens with one attached hydrogen (secondary N) is 1. The first-order chi connectivity index (χ1) is 10.9. The smallest absolute Gasteiger partial charge is 0.196 e.